The molecule has 1 saturated carbocycles. The molecular weight excluding hydrogens is 506 g/mol. The van der Waals surface area contributed by atoms with Gasteiger partial charge in [-0.05, 0) is 98.4 Å². The van der Waals surface area contributed by atoms with Gasteiger partial charge in [0, 0.05) is 47.3 Å². The highest BCUT2D eigenvalue weighted by atomic mass is 16.1. The maximum atomic E-state index is 13.1. The molecule has 2 atom stereocenters. The Hall–Kier alpha value is -3.83. The van der Waals surface area contributed by atoms with Crippen molar-refractivity contribution in [2.24, 2.45) is 5.92 Å². The fraction of sp³-hybridized carbons (Fsp3) is 0.361. The maximum Gasteiger partial charge on any atom is 0.252 e. The summed E-state index contributed by atoms with van der Waals surface area (Å²) >= 11 is 0. The fourth-order valence-corrected chi connectivity index (χ4v) is 7.56. The van der Waals surface area contributed by atoms with Crippen LogP contribution in [0.3, 0.4) is 0 Å². The van der Waals surface area contributed by atoms with Gasteiger partial charge in [0.05, 0.1) is 5.52 Å². The van der Waals surface area contributed by atoms with Crippen LogP contribution in [0, 0.1) is 5.92 Å². The number of benzene rings is 3. The van der Waals surface area contributed by atoms with Crippen LogP contribution in [0.15, 0.2) is 85.1 Å². The van der Waals surface area contributed by atoms with E-state index in [0.29, 0.717) is 30.0 Å². The Balaban J connectivity index is 0.926. The summed E-state index contributed by atoms with van der Waals surface area (Å²) in [5, 5.41) is 4.22. The third kappa shape index (κ3) is 5.19. The number of pyridine rings is 1. The lowest BCUT2D eigenvalue weighted by Gasteiger charge is -2.31. The summed E-state index contributed by atoms with van der Waals surface area (Å²) in [6.45, 7) is 1.11. The van der Waals surface area contributed by atoms with E-state index >= 15 is 0 Å². The van der Waals surface area contributed by atoms with Crippen molar-refractivity contribution in [3.05, 3.63) is 113 Å². The van der Waals surface area contributed by atoms with Gasteiger partial charge in [-0.15, -0.1) is 0 Å². The number of rotatable bonds is 8. The van der Waals surface area contributed by atoms with Gasteiger partial charge in [0.2, 0.25) is 0 Å². The summed E-state index contributed by atoms with van der Waals surface area (Å²) in [4.78, 5) is 33.2. The quantitative estimate of drug-likeness (QED) is 0.238. The average Bonchev–Trinajstić information content (AvgIpc) is 3.56. The molecule has 7 rings (SSSR count). The smallest absolute Gasteiger partial charge is 0.252 e. The predicted octanol–water partition coefficient (Wildman–Crippen LogP) is 7.23. The van der Waals surface area contributed by atoms with Crippen molar-refractivity contribution in [2.75, 3.05) is 6.54 Å². The molecule has 0 unspecified atom stereocenters. The summed E-state index contributed by atoms with van der Waals surface area (Å²) in [7, 11) is 0. The van der Waals surface area contributed by atoms with Crippen LogP contribution in [0.4, 0.5) is 0 Å². The zero-order valence-electron chi connectivity index (χ0n) is 23.5. The Labute approximate surface area is 242 Å². The number of hydrogen-bond donors (Lipinski definition) is 1. The molecule has 2 bridgehead atoms. The van der Waals surface area contributed by atoms with Gasteiger partial charge in [-0.3, -0.25) is 19.5 Å². The van der Waals surface area contributed by atoms with Crippen molar-refractivity contribution in [3.8, 4) is 0 Å². The summed E-state index contributed by atoms with van der Waals surface area (Å²) in [6.07, 6.45) is 10.2. The maximum absolute atomic E-state index is 13.1. The number of nitrogens with one attached hydrogen (secondary N) is 1. The summed E-state index contributed by atoms with van der Waals surface area (Å²) < 4.78 is 0. The molecule has 2 fully saturated rings. The molecule has 2 aliphatic heterocycles. The number of nitrogens with zero attached hydrogens (tertiary/aromatic N) is 2. The van der Waals surface area contributed by atoms with E-state index in [1.54, 1.807) is 6.20 Å². The van der Waals surface area contributed by atoms with E-state index in [4.69, 9.17) is 0 Å². The minimum Gasteiger partial charge on any atom is -0.349 e. The standard InChI is InChI=1S/C36H37N3O2/c40-35(22-25-6-2-1-3-7-25)26-13-16-29-31(23-26)34-18-17-33(29)39(34)21-19-24-11-14-27(15-12-24)38-36(41)30-8-4-10-32-28(30)9-5-20-37-32/h1-10,13,16,20,23-24,27,33-34H,11-12,14-15,17-19,21-22H2,(H,38,41)/t24?,27?,33-,34+/m0/s1. The Kier molecular flexibility index (Phi) is 7.14. The van der Waals surface area contributed by atoms with Gasteiger partial charge in [-0.2, -0.15) is 0 Å². The average molecular weight is 544 g/mol. The SMILES string of the molecule is O=C(Cc1ccccc1)c1ccc2c(c1)[C@H]1CC[C@@H]2N1CCC1CCC(NC(=O)c2cccc3ncccc23)CC1. The lowest BCUT2D eigenvalue weighted by atomic mass is 9.84. The molecule has 1 aliphatic carbocycles. The second-order valence-corrected chi connectivity index (χ2v) is 12.1. The highest BCUT2D eigenvalue weighted by molar-refractivity contribution is 6.06. The lowest BCUT2D eigenvalue weighted by molar-refractivity contribution is 0.0919. The van der Waals surface area contributed by atoms with Crippen LogP contribution in [0.1, 0.15) is 94.4 Å². The Bertz CT molecular complexity index is 1570. The van der Waals surface area contributed by atoms with Gasteiger partial charge in [-0.1, -0.05) is 54.6 Å². The third-order valence-corrected chi connectivity index (χ3v) is 9.72. The second-order valence-electron chi connectivity index (χ2n) is 12.1. The Morgan fingerprint density at radius 2 is 1.61 bits per heavy atom. The van der Waals surface area contributed by atoms with Crippen LogP contribution in [-0.2, 0) is 6.42 Å². The normalized spacial score (nSPS) is 23.4. The summed E-state index contributed by atoms with van der Waals surface area (Å²) in [5.41, 5.74) is 6.31. The lowest BCUT2D eigenvalue weighted by Crippen LogP contribution is -2.38. The summed E-state index contributed by atoms with van der Waals surface area (Å²) in [6, 6.07) is 27.3. The number of carbonyl (C=O) groups is 2. The van der Waals surface area contributed by atoms with E-state index < -0.39 is 0 Å². The van der Waals surface area contributed by atoms with Gasteiger partial charge in [0.15, 0.2) is 5.78 Å². The highest BCUT2D eigenvalue weighted by Crippen LogP contribution is 2.53. The van der Waals surface area contributed by atoms with Crippen LogP contribution in [0.5, 0.6) is 0 Å². The van der Waals surface area contributed by atoms with Gasteiger partial charge < -0.3 is 5.32 Å². The van der Waals surface area contributed by atoms with E-state index in [9.17, 15) is 9.59 Å². The molecule has 1 N–H and O–H groups in total. The summed E-state index contributed by atoms with van der Waals surface area (Å²) in [5.74, 6) is 0.922. The Morgan fingerprint density at radius 3 is 2.44 bits per heavy atom. The van der Waals surface area contributed by atoms with E-state index in [1.165, 1.54) is 30.4 Å². The first kappa shape index (κ1) is 26.1. The van der Waals surface area contributed by atoms with E-state index in [-0.39, 0.29) is 17.7 Å². The zero-order chi connectivity index (χ0) is 27.8. The number of amides is 1. The number of ketones is 1. The topological polar surface area (TPSA) is 62.3 Å². The van der Waals surface area contributed by atoms with Crippen molar-refractivity contribution in [1.29, 1.82) is 0 Å². The monoisotopic (exact) mass is 543 g/mol. The van der Waals surface area contributed by atoms with Gasteiger partial charge in [0.25, 0.3) is 5.91 Å². The molecule has 3 aliphatic rings. The van der Waals surface area contributed by atoms with Crippen molar-refractivity contribution in [1.82, 2.24) is 15.2 Å². The molecule has 5 heteroatoms. The molecule has 0 radical (unpaired) electrons. The molecule has 3 aromatic carbocycles. The zero-order valence-corrected chi connectivity index (χ0v) is 23.5. The second kappa shape index (κ2) is 11.2. The van der Waals surface area contributed by atoms with Gasteiger partial charge >= 0.3 is 0 Å². The van der Waals surface area contributed by atoms with Gasteiger partial charge in [0.1, 0.15) is 0 Å². The van der Waals surface area contributed by atoms with E-state index in [1.807, 2.05) is 66.7 Å². The molecule has 3 heterocycles. The number of hydrogen-bond acceptors (Lipinski definition) is 4. The van der Waals surface area contributed by atoms with Crippen LogP contribution >= 0.6 is 0 Å². The molecule has 41 heavy (non-hydrogen) atoms. The van der Waals surface area contributed by atoms with Crippen molar-refractivity contribution < 1.29 is 9.59 Å². The van der Waals surface area contributed by atoms with E-state index in [2.05, 4.69) is 27.3 Å². The molecule has 208 valence electrons. The Morgan fingerprint density at radius 1 is 0.805 bits per heavy atom. The molecule has 1 amide bonds. The van der Waals surface area contributed by atoms with Crippen molar-refractivity contribution in [2.45, 2.75) is 69.5 Å². The first-order valence-corrected chi connectivity index (χ1v) is 15.3. The van der Waals surface area contributed by atoms with Crippen LogP contribution in [-0.4, -0.2) is 34.2 Å². The highest BCUT2D eigenvalue weighted by Gasteiger charge is 2.43. The minimum atomic E-state index is 0.0140. The van der Waals surface area contributed by atoms with Crippen molar-refractivity contribution in [3.63, 3.8) is 0 Å². The number of Topliss-reactive ketones (excluding diaryl/α,β-unsaturated/α-hetero) is 1. The fourth-order valence-electron chi connectivity index (χ4n) is 7.56. The predicted molar refractivity (Wildman–Crippen MR) is 162 cm³/mol. The number of fused-ring (bicyclic) bond motifs is 6. The first-order valence-electron chi connectivity index (χ1n) is 15.3. The van der Waals surface area contributed by atoms with Crippen LogP contribution in [0.25, 0.3) is 10.9 Å². The van der Waals surface area contributed by atoms with Crippen LogP contribution in [0.2, 0.25) is 0 Å². The third-order valence-electron chi connectivity index (χ3n) is 9.72. The number of carbonyl (C=O) groups excluding carboxylic acids is 2. The minimum absolute atomic E-state index is 0.0140. The van der Waals surface area contributed by atoms with Gasteiger partial charge in [-0.25, -0.2) is 0 Å². The van der Waals surface area contributed by atoms with Crippen molar-refractivity contribution >= 4 is 22.6 Å². The molecular formula is C36H37N3O2. The first-order chi connectivity index (χ1) is 20.1. The largest absolute Gasteiger partial charge is 0.349 e. The molecule has 1 saturated heterocycles. The molecule has 1 aromatic heterocycles. The van der Waals surface area contributed by atoms with E-state index in [0.717, 1.165) is 54.3 Å². The molecule has 4 aromatic rings. The molecule has 0 spiro atoms. The number of aromatic nitrogens is 1. The van der Waals surface area contributed by atoms with Crippen LogP contribution < -0.4 is 5.32 Å². The molecule has 5 nitrogen and oxygen atoms in total.